The van der Waals surface area contributed by atoms with Gasteiger partial charge in [0, 0.05) is 0 Å². The highest BCUT2D eigenvalue weighted by molar-refractivity contribution is 5.93. The van der Waals surface area contributed by atoms with Crippen LogP contribution < -0.4 is 4.74 Å². The molecule has 0 N–H and O–H groups in total. The molecular weight excluding hydrogens is 1090 g/mol. The van der Waals surface area contributed by atoms with Gasteiger partial charge in [0.25, 0.3) is 0 Å². The molecule has 10 rings (SSSR count). The molecule has 0 radical (unpaired) electrons. The Morgan fingerprint density at radius 3 is 1.05 bits per heavy atom. The van der Waals surface area contributed by atoms with Crippen molar-refractivity contribution < 1.29 is 85.7 Å². The molecule has 0 spiro atoms. The quantitative estimate of drug-likeness (QED) is 0.0482. The molecule has 8 aromatic carbocycles. The Balaban J connectivity index is 1.15. The molecular formula is C67H54O18. The zero-order chi connectivity index (χ0) is 59.0. The maximum absolute atomic E-state index is 14.7. The van der Waals surface area contributed by atoms with Crippen molar-refractivity contribution in [3.8, 4) is 5.75 Å². The molecule has 2 aliphatic rings. The SMILES string of the molecule is O=C(OCC1O[C@H](O[C@]2(COC(=O)c3ccccc3)OC(COC(=O)c3ccccc3)[C@@H](OC(=O)c3ccccc3)[C@@H]2OC(=O)c2ccccc2)[C@H](OC(=O)c2ccccc2)[C@@H](OC(=O)c2ccccc2)[C@@H]1Oc1ccccc1)c1ccccc1. The predicted octanol–water partition coefficient (Wildman–Crippen LogP) is 9.74. The normalized spacial score (nSPS) is 21.4. The summed E-state index contributed by atoms with van der Waals surface area (Å²) in [6.07, 6.45) is -14.5. The van der Waals surface area contributed by atoms with Crippen molar-refractivity contribution in [3.05, 3.63) is 282 Å². The first-order valence-electron chi connectivity index (χ1n) is 27.0. The molecule has 2 fully saturated rings. The first-order valence-corrected chi connectivity index (χ1v) is 27.0. The van der Waals surface area contributed by atoms with Crippen molar-refractivity contribution >= 4 is 41.8 Å². The fraction of sp³-hybridized carbons (Fsp3) is 0.179. The third kappa shape index (κ3) is 14.5. The minimum atomic E-state index is -2.78. The Hall–Kier alpha value is -10.3. The molecule has 0 aliphatic carbocycles. The van der Waals surface area contributed by atoms with Gasteiger partial charge in [-0.1, -0.05) is 146 Å². The molecule has 0 bridgehead atoms. The van der Waals surface area contributed by atoms with Gasteiger partial charge in [-0.25, -0.2) is 33.6 Å². The van der Waals surface area contributed by atoms with E-state index >= 15 is 0 Å². The van der Waals surface area contributed by atoms with Crippen LogP contribution in [0.4, 0.5) is 0 Å². The Morgan fingerprint density at radius 2 is 0.647 bits per heavy atom. The highest BCUT2D eigenvalue weighted by atomic mass is 16.8. The molecule has 0 aromatic heterocycles. The molecule has 9 atom stereocenters. The van der Waals surface area contributed by atoms with Crippen LogP contribution in [-0.2, 0) is 47.4 Å². The van der Waals surface area contributed by atoms with Crippen LogP contribution in [0.5, 0.6) is 5.75 Å². The Morgan fingerprint density at radius 1 is 0.329 bits per heavy atom. The van der Waals surface area contributed by atoms with Crippen molar-refractivity contribution in [2.75, 3.05) is 19.8 Å². The van der Waals surface area contributed by atoms with Crippen LogP contribution in [0.15, 0.2) is 243 Å². The second-order valence-electron chi connectivity index (χ2n) is 19.3. The third-order valence-electron chi connectivity index (χ3n) is 13.6. The van der Waals surface area contributed by atoms with Gasteiger partial charge in [0.15, 0.2) is 30.5 Å². The molecule has 430 valence electrons. The summed E-state index contributed by atoms with van der Waals surface area (Å²) in [5, 5.41) is 0. The number of ether oxygens (including phenoxy) is 11. The summed E-state index contributed by atoms with van der Waals surface area (Å²) in [4.78, 5) is 100. The minimum absolute atomic E-state index is 0.0116. The number of hydrogen-bond acceptors (Lipinski definition) is 18. The van der Waals surface area contributed by atoms with Crippen LogP contribution >= 0.6 is 0 Å². The van der Waals surface area contributed by atoms with Gasteiger partial charge in [-0.3, -0.25) is 0 Å². The highest BCUT2D eigenvalue weighted by Gasteiger charge is 2.65. The van der Waals surface area contributed by atoms with E-state index in [1.165, 1.54) is 84.9 Å². The number of esters is 7. The Labute approximate surface area is 487 Å². The summed E-state index contributed by atoms with van der Waals surface area (Å²) in [6.45, 7) is -2.46. The Kier molecular flexibility index (Phi) is 18.9. The topological polar surface area (TPSA) is 221 Å². The van der Waals surface area contributed by atoms with Gasteiger partial charge in [0.05, 0.1) is 38.9 Å². The minimum Gasteiger partial charge on any atom is -0.484 e. The zero-order valence-electron chi connectivity index (χ0n) is 45.2. The third-order valence-corrected chi connectivity index (χ3v) is 13.6. The lowest BCUT2D eigenvalue weighted by atomic mass is 9.97. The standard InChI is InChI=1S/C67H54O18/c68-59(44-25-9-1-10-26-44)75-41-52-54(78-51-39-23-8-24-40-51)56(81-63(72)48-33-17-5-18-34-48)57(82-64(73)49-35-19-6-20-36-49)66(79-52)85-67(43-77-61(70)46-29-13-3-14-30-46)58(83-65(74)50-37-21-7-22-38-50)55(80-62(71)47-31-15-4-16-32-47)53(84-67)42-76-60(69)45-27-11-2-12-28-45/h1-40,52-58,66H,41-43H2/t52?,53?,54-,55-,56+,57-,58+,66-,67+/m1/s1. The molecule has 2 aliphatic heterocycles. The van der Waals surface area contributed by atoms with E-state index in [9.17, 15) is 33.6 Å². The lowest BCUT2D eigenvalue weighted by Gasteiger charge is -2.47. The zero-order valence-corrected chi connectivity index (χ0v) is 45.2. The van der Waals surface area contributed by atoms with Gasteiger partial charge in [-0.2, -0.15) is 0 Å². The summed E-state index contributed by atoms with van der Waals surface area (Å²) in [5.74, 6) is -9.12. The van der Waals surface area contributed by atoms with Gasteiger partial charge in [-0.15, -0.1) is 0 Å². The summed E-state index contributed by atoms with van der Waals surface area (Å²) in [7, 11) is 0. The molecule has 2 unspecified atom stereocenters. The van der Waals surface area contributed by atoms with Gasteiger partial charge >= 0.3 is 41.8 Å². The number of carbonyl (C=O) groups is 7. The van der Waals surface area contributed by atoms with Crippen molar-refractivity contribution in [2.45, 2.75) is 54.8 Å². The summed E-state index contributed by atoms with van der Waals surface area (Å²) < 4.78 is 71.0. The van der Waals surface area contributed by atoms with Crippen LogP contribution in [-0.4, -0.2) is 116 Å². The van der Waals surface area contributed by atoms with Crippen LogP contribution in [0, 0.1) is 0 Å². The summed E-state index contributed by atoms with van der Waals surface area (Å²) in [6, 6.07) is 63.2. The van der Waals surface area contributed by atoms with Crippen molar-refractivity contribution in [1.82, 2.24) is 0 Å². The van der Waals surface area contributed by atoms with Gasteiger partial charge in [0.2, 0.25) is 12.1 Å². The van der Waals surface area contributed by atoms with Gasteiger partial charge in [-0.05, 0) is 97.1 Å². The fourth-order valence-corrected chi connectivity index (χ4v) is 9.38. The van der Waals surface area contributed by atoms with Crippen LogP contribution in [0.25, 0.3) is 0 Å². The van der Waals surface area contributed by atoms with E-state index in [2.05, 4.69) is 0 Å². The first-order chi connectivity index (χ1) is 41.5. The highest BCUT2D eigenvalue weighted by Crippen LogP contribution is 2.43. The molecule has 2 saturated heterocycles. The van der Waals surface area contributed by atoms with E-state index in [1.807, 2.05) is 0 Å². The molecule has 85 heavy (non-hydrogen) atoms. The average Bonchev–Trinajstić information content (AvgIpc) is 1.89. The number of rotatable bonds is 21. The Bertz CT molecular complexity index is 3530. The molecule has 0 amide bonds. The summed E-state index contributed by atoms with van der Waals surface area (Å²) in [5.41, 5.74) is 0.427. The molecule has 18 nitrogen and oxygen atoms in total. The number of hydrogen-bond donors (Lipinski definition) is 0. The van der Waals surface area contributed by atoms with Crippen LogP contribution in [0.3, 0.4) is 0 Å². The van der Waals surface area contributed by atoms with E-state index in [1.54, 1.807) is 158 Å². The van der Waals surface area contributed by atoms with E-state index < -0.39 is 116 Å². The average molecular weight is 1150 g/mol. The fourth-order valence-electron chi connectivity index (χ4n) is 9.38. The van der Waals surface area contributed by atoms with E-state index in [0.717, 1.165) is 0 Å². The van der Waals surface area contributed by atoms with E-state index in [-0.39, 0.29) is 44.7 Å². The molecule has 0 saturated carbocycles. The van der Waals surface area contributed by atoms with Crippen LogP contribution in [0.1, 0.15) is 72.5 Å². The van der Waals surface area contributed by atoms with Crippen molar-refractivity contribution in [2.24, 2.45) is 0 Å². The van der Waals surface area contributed by atoms with Gasteiger partial charge < -0.3 is 52.1 Å². The number of benzene rings is 8. The lowest BCUT2D eigenvalue weighted by molar-refractivity contribution is -0.379. The van der Waals surface area contributed by atoms with Gasteiger partial charge in [0.1, 0.15) is 37.8 Å². The summed E-state index contributed by atoms with van der Waals surface area (Å²) >= 11 is 0. The maximum atomic E-state index is 14.7. The lowest BCUT2D eigenvalue weighted by Crippen LogP contribution is -2.66. The van der Waals surface area contributed by atoms with Crippen molar-refractivity contribution in [1.29, 1.82) is 0 Å². The molecule has 8 aromatic rings. The molecule has 18 heteroatoms. The second kappa shape index (κ2) is 27.7. The van der Waals surface area contributed by atoms with E-state index in [0.29, 0.717) is 0 Å². The monoisotopic (exact) mass is 1150 g/mol. The smallest absolute Gasteiger partial charge is 0.338 e. The van der Waals surface area contributed by atoms with E-state index in [4.69, 9.17) is 52.1 Å². The van der Waals surface area contributed by atoms with Crippen LogP contribution in [0.2, 0.25) is 0 Å². The van der Waals surface area contributed by atoms with Crippen molar-refractivity contribution in [3.63, 3.8) is 0 Å². The number of carbonyl (C=O) groups excluding carboxylic acids is 7. The predicted molar refractivity (Wildman–Crippen MR) is 301 cm³/mol. The number of para-hydroxylation sites is 1. The largest absolute Gasteiger partial charge is 0.484 e. The maximum Gasteiger partial charge on any atom is 0.338 e. The molecule has 2 heterocycles. The first kappa shape index (κ1) is 57.9. The second-order valence-corrected chi connectivity index (χ2v) is 19.3.